The van der Waals surface area contributed by atoms with Crippen molar-refractivity contribution in [1.29, 1.82) is 0 Å². The molecule has 0 saturated carbocycles. The molecule has 60 valence electrons. The summed E-state index contributed by atoms with van der Waals surface area (Å²) in [4.78, 5) is 9.67. The predicted molar refractivity (Wildman–Crippen MR) is 49.1 cm³/mol. The van der Waals surface area contributed by atoms with Gasteiger partial charge in [-0.1, -0.05) is 0 Å². The zero-order valence-electron chi connectivity index (χ0n) is 6.17. The zero-order chi connectivity index (χ0) is 8.43. The minimum Gasteiger partial charge on any atom is -0.362 e. The Balaban J connectivity index is 3.13. The highest BCUT2D eigenvalue weighted by atomic mass is 79.9. The average molecular weight is 236 g/mol. The molecule has 5 heteroatoms. The Morgan fingerprint density at radius 2 is 2.18 bits per heavy atom. The van der Waals surface area contributed by atoms with E-state index in [1.54, 1.807) is 6.20 Å². The number of hydrogen-bond acceptors (Lipinski definition) is 3. The summed E-state index contributed by atoms with van der Waals surface area (Å²) in [5.74, 6) is 0.782. The van der Waals surface area contributed by atoms with Crippen molar-refractivity contribution in [3.05, 3.63) is 16.0 Å². The Morgan fingerprint density at radius 3 is 2.64 bits per heavy atom. The second-order valence-corrected chi connectivity index (χ2v) is 3.40. The summed E-state index contributed by atoms with van der Waals surface area (Å²) < 4.78 is 0.840. The molecule has 3 nitrogen and oxygen atoms in total. The molecule has 0 saturated heterocycles. The molecule has 0 aliphatic carbocycles. The standard InChI is InChI=1S/C6H7BrClN3/c1-11(2)5-4(7)3-9-6(8)10-5/h3H,1-2H3. The third-order valence-electron chi connectivity index (χ3n) is 1.12. The molecular formula is C6H7BrClN3. The number of hydrogen-bond donors (Lipinski definition) is 0. The van der Waals surface area contributed by atoms with Crippen LogP contribution in [0.15, 0.2) is 10.7 Å². The van der Waals surface area contributed by atoms with Gasteiger partial charge in [-0.3, -0.25) is 0 Å². The maximum Gasteiger partial charge on any atom is 0.224 e. The molecule has 0 bridgehead atoms. The molecule has 0 aliphatic rings. The first-order valence-electron chi connectivity index (χ1n) is 2.96. The molecule has 0 amide bonds. The van der Waals surface area contributed by atoms with Gasteiger partial charge in [0.1, 0.15) is 5.82 Å². The van der Waals surface area contributed by atoms with Gasteiger partial charge in [-0.2, -0.15) is 4.98 Å². The van der Waals surface area contributed by atoms with Gasteiger partial charge in [0.15, 0.2) is 0 Å². The van der Waals surface area contributed by atoms with E-state index in [0.717, 1.165) is 10.3 Å². The topological polar surface area (TPSA) is 29.0 Å². The fourth-order valence-electron chi connectivity index (χ4n) is 0.651. The lowest BCUT2D eigenvalue weighted by atomic mass is 10.5. The van der Waals surface area contributed by atoms with Crippen molar-refractivity contribution in [2.24, 2.45) is 0 Å². The van der Waals surface area contributed by atoms with Crippen LogP contribution >= 0.6 is 27.5 Å². The normalized spacial score (nSPS) is 9.82. The van der Waals surface area contributed by atoms with Gasteiger partial charge >= 0.3 is 0 Å². The minimum atomic E-state index is 0.261. The fraction of sp³-hybridized carbons (Fsp3) is 0.333. The van der Waals surface area contributed by atoms with Gasteiger partial charge in [-0.15, -0.1) is 0 Å². The van der Waals surface area contributed by atoms with Gasteiger partial charge in [-0.05, 0) is 27.5 Å². The maximum absolute atomic E-state index is 5.59. The molecule has 0 spiro atoms. The highest BCUT2D eigenvalue weighted by Gasteiger charge is 2.04. The Labute approximate surface area is 78.5 Å². The lowest BCUT2D eigenvalue weighted by Crippen LogP contribution is -2.11. The first-order valence-corrected chi connectivity index (χ1v) is 4.13. The van der Waals surface area contributed by atoms with Crippen LogP contribution in [0.1, 0.15) is 0 Å². The van der Waals surface area contributed by atoms with Crippen molar-refractivity contribution >= 4 is 33.3 Å². The minimum absolute atomic E-state index is 0.261. The quantitative estimate of drug-likeness (QED) is 0.698. The van der Waals surface area contributed by atoms with Gasteiger partial charge in [0.05, 0.1) is 4.47 Å². The monoisotopic (exact) mass is 235 g/mol. The lowest BCUT2D eigenvalue weighted by Gasteiger charge is -2.11. The lowest BCUT2D eigenvalue weighted by molar-refractivity contribution is 1.03. The Bertz CT molecular complexity index is 264. The van der Waals surface area contributed by atoms with E-state index in [4.69, 9.17) is 11.6 Å². The fourth-order valence-corrected chi connectivity index (χ4v) is 1.33. The Morgan fingerprint density at radius 1 is 1.55 bits per heavy atom. The highest BCUT2D eigenvalue weighted by Crippen LogP contribution is 2.21. The van der Waals surface area contributed by atoms with Crippen LogP contribution in [-0.4, -0.2) is 24.1 Å². The van der Waals surface area contributed by atoms with E-state index in [9.17, 15) is 0 Å². The predicted octanol–water partition coefficient (Wildman–Crippen LogP) is 1.96. The van der Waals surface area contributed by atoms with Gasteiger partial charge in [0.25, 0.3) is 0 Å². The van der Waals surface area contributed by atoms with Crippen LogP contribution in [0.4, 0.5) is 5.82 Å². The van der Waals surface area contributed by atoms with E-state index < -0.39 is 0 Å². The number of halogens is 2. The molecular weight excluding hydrogens is 229 g/mol. The van der Waals surface area contributed by atoms with E-state index in [1.807, 2.05) is 19.0 Å². The summed E-state index contributed by atoms with van der Waals surface area (Å²) in [7, 11) is 3.78. The number of aromatic nitrogens is 2. The van der Waals surface area contributed by atoms with Gasteiger partial charge in [-0.25, -0.2) is 4.98 Å². The van der Waals surface area contributed by atoms with Crippen LogP contribution in [0.3, 0.4) is 0 Å². The summed E-state index contributed by atoms with van der Waals surface area (Å²) in [5, 5.41) is 0.261. The smallest absolute Gasteiger partial charge is 0.224 e. The van der Waals surface area contributed by atoms with E-state index in [0.29, 0.717) is 0 Å². The number of anilines is 1. The molecule has 0 radical (unpaired) electrons. The second-order valence-electron chi connectivity index (χ2n) is 2.21. The van der Waals surface area contributed by atoms with Gasteiger partial charge in [0.2, 0.25) is 5.28 Å². The number of rotatable bonds is 1. The maximum atomic E-state index is 5.59. The molecule has 0 fully saturated rings. The molecule has 0 unspecified atom stereocenters. The van der Waals surface area contributed by atoms with Gasteiger partial charge < -0.3 is 4.90 Å². The van der Waals surface area contributed by atoms with Crippen molar-refractivity contribution in [2.45, 2.75) is 0 Å². The summed E-state index contributed by atoms with van der Waals surface area (Å²) in [6, 6.07) is 0. The van der Waals surface area contributed by atoms with Gasteiger partial charge in [0, 0.05) is 20.3 Å². The van der Waals surface area contributed by atoms with Crippen LogP contribution in [-0.2, 0) is 0 Å². The number of nitrogens with zero attached hydrogens (tertiary/aromatic N) is 3. The molecule has 1 heterocycles. The van der Waals surface area contributed by atoms with Crippen molar-refractivity contribution in [3.63, 3.8) is 0 Å². The molecule has 11 heavy (non-hydrogen) atoms. The van der Waals surface area contributed by atoms with E-state index in [2.05, 4.69) is 25.9 Å². The van der Waals surface area contributed by atoms with Crippen LogP contribution in [0.2, 0.25) is 5.28 Å². The zero-order valence-corrected chi connectivity index (χ0v) is 8.52. The summed E-state index contributed by atoms with van der Waals surface area (Å²) >= 11 is 8.90. The highest BCUT2D eigenvalue weighted by molar-refractivity contribution is 9.10. The first-order chi connectivity index (χ1) is 5.11. The Kier molecular flexibility index (Phi) is 2.67. The van der Waals surface area contributed by atoms with Crippen molar-refractivity contribution < 1.29 is 0 Å². The second kappa shape index (κ2) is 3.36. The average Bonchev–Trinajstić information content (AvgIpc) is 1.94. The summed E-state index contributed by atoms with van der Waals surface area (Å²) in [6.45, 7) is 0. The van der Waals surface area contributed by atoms with E-state index in [1.165, 1.54) is 0 Å². The third kappa shape index (κ3) is 2.04. The van der Waals surface area contributed by atoms with Crippen LogP contribution in [0.25, 0.3) is 0 Å². The first kappa shape index (κ1) is 8.74. The van der Waals surface area contributed by atoms with Crippen LogP contribution in [0, 0.1) is 0 Å². The molecule has 1 rings (SSSR count). The van der Waals surface area contributed by atoms with Crippen molar-refractivity contribution in [3.8, 4) is 0 Å². The van der Waals surface area contributed by atoms with E-state index in [-0.39, 0.29) is 5.28 Å². The molecule has 0 aromatic carbocycles. The van der Waals surface area contributed by atoms with E-state index >= 15 is 0 Å². The SMILES string of the molecule is CN(C)c1nc(Cl)ncc1Br. The third-order valence-corrected chi connectivity index (χ3v) is 1.86. The Hall–Kier alpha value is -0.350. The molecule has 0 atom stereocenters. The molecule has 0 aliphatic heterocycles. The largest absolute Gasteiger partial charge is 0.362 e. The summed E-state index contributed by atoms with van der Waals surface area (Å²) in [6.07, 6.45) is 1.63. The molecule has 0 N–H and O–H groups in total. The van der Waals surface area contributed by atoms with Crippen molar-refractivity contribution in [2.75, 3.05) is 19.0 Å². The van der Waals surface area contributed by atoms with Crippen LogP contribution in [0.5, 0.6) is 0 Å². The van der Waals surface area contributed by atoms with Crippen LogP contribution < -0.4 is 4.90 Å². The van der Waals surface area contributed by atoms with Crippen molar-refractivity contribution in [1.82, 2.24) is 9.97 Å². The summed E-state index contributed by atoms with van der Waals surface area (Å²) in [5.41, 5.74) is 0. The molecule has 1 aromatic heterocycles. The molecule has 1 aromatic rings.